The fraction of sp³-hybridized carbons (Fsp3) is 0.0455. The van der Waals surface area contributed by atoms with Gasteiger partial charge in [-0.15, -0.1) is 0 Å². The Hall–Kier alpha value is -2.64. The van der Waals surface area contributed by atoms with E-state index >= 15 is 0 Å². The molecule has 0 aliphatic carbocycles. The molecule has 0 aliphatic rings. The number of nitrogens with one attached hydrogen (secondary N) is 2. The summed E-state index contributed by atoms with van der Waals surface area (Å²) in [5.41, 5.74) is 3.31. The molecule has 0 saturated carbocycles. The van der Waals surface area contributed by atoms with Gasteiger partial charge in [-0.3, -0.25) is 10.1 Å². The van der Waals surface area contributed by atoms with Crippen molar-refractivity contribution in [2.75, 3.05) is 5.32 Å². The molecule has 1 amide bonds. The molecule has 0 saturated heterocycles. The van der Waals surface area contributed by atoms with E-state index in [1.54, 1.807) is 36.4 Å². The Morgan fingerprint density at radius 3 is 2.39 bits per heavy atom. The highest BCUT2D eigenvalue weighted by molar-refractivity contribution is 7.80. The van der Waals surface area contributed by atoms with Crippen molar-refractivity contribution in [3.8, 4) is 0 Å². The highest BCUT2D eigenvalue weighted by atomic mass is 35.5. The summed E-state index contributed by atoms with van der Waals surface area (Å²) in [4.78, 5) is 16.7. The number of rotatable bonds is 4. The van der Waals surface area contributed by atoms with Crippen molar-refractivity contribution >= 4 is 74.8 Å². The molecule has 0 bridgehead atoms. The average Bonchev–Trinajstić information content (AvgIpc) is 3.12. The zero-order chi connectivity index (χ0) is 22.0. The molecule has 1 aromatic heterocycles. The topological polar surface area (TPSA) is 67.2 Å². The number of amides is 1. The number of hydrogen-bond acceptors (Lipinski definition) is 4. The van der Waals surface area contributed by atoms with Gasteiger partial charge >= 0.3 is 0 Å². The maximum Gasteiger partial charge on any atom is 0.257 e. The lowest BCUT2D eigenvalue weighted by Crippen LogP contribution is -2.34. The number of oxazole rings is 1. The van der Waals surface area contributed by atoms with Crippen LogP contribution in [0.1, 0.15) is 21.8 Å². The Morgan fingerprint density at radius 2 is 1.68 bits per heavy atom. The third-order valence-electron chi connectivity index (χ3n) is 4.35. The van der Waals surface area contributed by atoms with Crippen molar-refractivity contribution in [3.63, 3.8) is 0 Å². The lowest BCUT2D eigenvalue weighted by atomic mass is 10.1. The molecule has 0 radical (unpaired) electrons. The molecular weight excluding hydrogens is 477 g/mol. The highest BCUT2D eigenvalue weighted by Gasteiger charge is 2.12. The van der Waals surface area contributed by atoms with E-state index in [4.69, 9.17) is 51.4 Å². The van der Waals surface area contributed by atoms with E-state index in [9.17, 15) is 4.79 Å². The predicted octanol–water partition coefficient (Wildman–Crippen LogP) is 6.51. The van der Waals surface area contributed by atoms with Crippen LogP contribution >= 0.6 is 47.0 Å². The number of halogens is 3. The summed E-state index contributed by atoms with van der Waals surface area (Å²) in [6, 6.07) is 17.4. The molecule has 0 fully saturated rings. The van der Waals surface area contributed by atoms with Crippen molar-refractivity contribution in [1.82, 2.24) is 10.3 Å². The van der Waals surface area contributed by atoms with Crippen molar-refractivity contribution in [2.45, 2.75) is 6.42 Å². The van der Waals surface area contributed by atoms with Gasteiger partial charge in [-0.1, -0.05) is 46.9 Å². The number of aromatic nitrogens is 1. The van der Waals surface area contributed by atoms with Crippen LogP contribution in [0.3, 0.4) is 0 Å². The molecule has 3 aromatic carbocycles. The summed E-state index contributed by atoms with van der Waals surface area (Å²) in [7, 11) is 0. The summed E-state index contributed by atoms with van der Waals surface area (Å²) >= 11 is 23.2. The molecular formula is C22H14Cl3N3O2S. The van der Waals surface area contributed by atoms with Gasteiger partial charge in [-0.2, -0.15) is 0 Å². The SMILES string of the molecule is O=C(NC(=S)Nc1ccc(Cc2nc3cc(Cl)cc(Cl)c3o2)cc1)c1ccc(Cl)cc1. The van der Waals surface area contributed by atoms with Gasteiger partial charge in [0.15, 0.2) is 16.6 Å². The second kappa shape index (κ2) is 9.24. The van der Waals surface area contributed by atoms with Crippen LogP contribution in [0.4, 0.5) is 5.69 Å². The number of nitrogens with zero attached hydrogens (tertiary/aromatic N) is 1. The fourth-order valence-corrected chi connectivity index (χ4v) is 3.76. The minimum Gasteiger partial charge on any atom is -0.439 e. The largest absolute Gasteiger partial charge is 0.439 e. The molecule has 156 valence electrons. The predicted molar refractivity (Wildman–Crippen MR) is 128 cm³/mol. The Bertz CT molecular complexity index is 1270. The van der Waals surface area contributed by atoms with Crippen LogP contribution in [-0.2, 0) is 6.42 Å². The quantitative estimate of drug-likeness (QED) is 0.319. The molecule has 2 N–H and O–H groups in total. The highest BCUT2D eigenvalue weighted by Crippen LogP contribution is 2.29. The van der Waals surface area contributed by atoms with Gasteiger partial charge < -0.3 is 9.73 Å². The number of thiocarbonyl (C=S) groups is 1. The normalized spacial score (nSPS) is 10.8. The summed E-state index contributed by atoms with van der Waals surface area (Å²) < 4.78 is 5.75. The smallest absolute Gasteiger partial charge is 0.257 e. The summed E-state index contributed by atoms with van der Waals surface area (Å²) in [6.45, 7) is 0. The van der Waals surface area contributed by atoms with Crippen LogP contribution in [0.5, 0.6) is 0 Å². The standard InChI is InChI=1S/C22H14Cl3N3O2S/c23-14-5-3-13(4-6-14)21(29)28-22(31)26-16-7-1-12(2-8-16)9-19-27-18-11-15(24)10-17(25)20(18)30-19/h1-8,10-11H,9H2,(H2,26,28,29,31). The maximum atomic E-state index is 12.2. The fourth-order valence-electron chi connectivity index (χ4n) is 2.90. The first-order chi connectivity index (χ1) is 14.9. The van der Waals surface area contributed by atoms with Crippen molar-refractivity contribution in [1.29, 1.82) is 0 Å². The number of hydrogen-bond donors (Lipinski definition) is 2. The second-order valence-corrected chi connectivity index (χ2v) is 8.32. The molecule has 4 rings (SSSR count). The first-order valence-electron chi connectivity index (χ1n) is 9.09. The number of anilines is 1. The molecule has 9 heteroatoms. The monoisotopic (exact) mass is 489 g/mol. The third-order valence-corrected chi connectivity index (χ3v) is 5.31. The second-order valence-electron chi connectivity index (χ2n) is 6.63. The lowest BCUT2D eigenvalue weighted by Gasteiger charge is -2.10. The van der Waals surface area contributed by atoms with Gasteiger partial charge in [0.2, 0.25) is 0 Å². The number of carbonyl (C=O) groups is 1. The van der Waals surface area contributed by atoms with Crippen molar-refractivity contribution in [3.05, 3.63) is 92.7 Å². The Kier molecular flexibility index (Phi) is 6.43. The van der Waals surface area contributed by atoms with Crippen molar-refractivity contribution < 1.29 is 9.21 Å². The third kappa shape index (κ3) is 5.35. The molecule has 0 atom stereocenters. The van der Waals surface area contributed by atoms with E-state index in [2.05, 4.69) is 15.6 Å². The van der Waals surface area contributed by atoms with Crippen LogP contribution in [0, 0.1) is 0 Å². The number of carbonyl (C=O) groups excluding carboxylic acids is 1. The van der Waals surface area contributed by atoms with Gasteiger partial charge in [-0.25, -0.2) is 4.98 Å². The Morgan fingerprint density at radius 1 is 0.968 bits per heavy atom. The van der Waals surface area contributed by atoms with Crippen LogP contribution in [0.15, 0.2) is 65.1 Å². The first-order valence-corrected chi connectivity index (χ1v) is 10.6. The summed E-state index contributed by atoms with van der Waals surface area (Å²) in [5.74, 6) is 0.214. The van der Waals surface area contributed by atoms with Crippen LogP contribution in [0.25, 0.3) is 11.1 Å². The molecule has 5 nitrogen and oxygen atoms in total. The van der Waals surface area contributed by atoms with Gasteiger partial charge in [0.25, 0.3) is 5.91 Å². The average molecular weight is 491 g/mol. The summed E-state index contributed by atoms with van der Waals surface area (Å²) in [6.07, 6.45) is 0.487. The molecule has 0 unspecified atom stereocenters. The number of fused-ring (bicyclic) bond motifs is 1. The van der Waals surface area contributed by atoms with E-state index in [0.717, 1.165) is 11.3 Å². The molecule has 0 spiro atoms. The van der Waals surface area contributed by atoms with E-state index in [1.807, 2.05) is 24.3 Å². The first kappa shape index (κ1) is 21.6. The molecule has 1 heterocycles. The van der Waals surface area contributed by atoms with Gasteiger partial charge in [0.1, 0.15) is 5.52 Å². The van der Waals surface area contributed by atoms with Gasteiger partial charge in [0, 0.05) is 27.7 Å². The van der Waals surface area contributed by atoms with E-state index < -0.39 is 0 Å². The number of benzene rings is 3. The molecule has 0 aliphatic heterocycles. The Labute approximate surface area is 198 Å². The zero-order valence-electron chi connectivity index (χ0n) is 15.8. The lowest BCUT2D eigenvalue weighted by molar-refractivity contribution is 0.0977. The zero-order valence-corrected chi connectivity index (χ0v) is 18.9. The maximum absolute atomic E-state index is 12.2. The van der Waals surface area contributed by atoms with Crippen molar-refractivity contribution in [2.24, 2.45) is 0 Å². The summed E-state index contributed by atoms with van der Waals surface area (Å²) in [5, 5.41) is 7.30. The van der Waals surface area contributed by atoms with Crippen LogP contribution < -0.4 is 10.6 Å². The van der Waals surface area contributed by atoms with E-state index in [-0.39, 0.29) is 11.0 Å². The van der Waals surface area contributed by atoms with E-state index in [0.29, 0.717) is 44.0 Å². The van der Waals surface area contributed by atoms with Gasteiger partial charge in [0.05, 0.1) is 5.02 Å². The van der Waals surface area contributed by atoms with E-state index in [1.165, 1.54) is 0 Å². The Balaban J connectivity index is 1.38. The molecule has 4 aromatic rings. The van der Waals surface area contributed by atoms with Gasteiger partial charge in [-0.05, 0) is 66.3 Å². The minimum absolute atomic E-state index is 0.193. The molecule has 31 heavy (non-hydrogen) atoms. The minimum atomic E-state index is -0.319. The van der Waals surface area contributed by atoms with Crippen LogP contribution in [0.2, 0.25) is 15.1 Å². The van der Waals surface area contributed by atoms with Crippen LogP contribution in [-0.4, -0.2) is 16.0 Å².